The normalized spacial score (nSPS) is 13.4. The van der Waals surface area contributed by atoms with Crippen molar-refractivity contribution >= 4 is 29.1 Å². The maximum absolute atomic E-state index is 12.6. The number of nitrogens with one attached hydrogen (secondary N) is 1. The molecule has 30 heavy (non-hydrogen) atoms. The number of rotatable bonds is 7. The van der Waals surface area contributed by atoms with E-state index in [-0.39, 0.29) is 18.9 Å². The molecule has 2 aromatic carbocycles. The molecule has 1 N–H and O–H groups in total. The number of nitro groups is 1. The van der Waals surface area contributed by atoms with Crippen LogP contribution in [0.1, 0.15) is 40.1 Å². The van der Waals surface area contributed by atoms with E-state index >= 15 is 0 Å². The molecule has 0 saturated heterocycles. The molecule has 0 radical (unpaired) electrons. The zero-order chi connectivity index (χ0) is 22.1. The van der Waals surface area contributed by atoms with Gasteiger partial charge in [-0.2, -0.15) is 0 Å². The molecule has 156 valence electrons. The predicted molar refractivity (Wildman–Crippen MR) is 108 cm³/mol. The maximum atomic E-state index is 12.6. The molecule has 9 nitrogen and oxygen atoms in total. The van der Waals surface area contributed by atoms with Gasteiger partial charge in [-0.1, -0.05) is 18.2 Å². The van der Waals surface area contributed by atoms with E-state index in [2.05, 4.69) is 5.32 Å². The quantitative estimate of drug-likeness (QED) is 0.425. The Morgan fingerprint density at radius 2 is 1.73 bits per heavy atom. The zero-order valence-electron chi connectivity index (χ0n) is 16.8. The Kier molecular flexibility index (Phi) is 5.66. The standard InChI is InChI=1S/C21H21N3O6/c1-13-8-9-14(24(28)29)10-17(13)22-18(25)11-30-12-21(2,3)23-19(26)15-6-4-5-7-16(15)20(23)27/h4-10H,11-12H2,1-3H3,(H,22,25). The summed E-state index contributed by atoms with van der Waals surface area (Å²) in [6.07, 6.45) is 0. The molecule has 0 fully saturated rings. The smallest absolute Gasteiger partial charge is 0.271 e. The van der Waals surface area contributed by atoms with E-state index in [1.807, 2.05) is 0 Å². The number of benzene rings is 2. The first kappa shape index (κ1) is 21.1. The topological polar surface area (TPSA) is 119 Å². The van der Waals surface area contributed by atoms with Gasteiger partial charge in [-0.25, -0.2) is 0 Å². The van der Waals surface area contributed by atoms with E-state index in [1.165, 1.54) is 12.1 Å². The van der Waals surface area contributed by atoms with Crippen LogP contribution >= 0.6 is 0 Å². The van der Waals surface area contributed by atoms with E-state index in [1.54, 1.807) is 51.1 Å². The van der Waals surface area contributed by atoms with Crippen molar-refractivity contribution in [3.8, 4) is 0 Å². The lowest BCUT2D eigenvalue weighted by molar-refractivity contribution is -0.384. The Balaban J connectivity index is 1.60. The Labute approximate surface area is 172 Å². The molecule has 1 aliphatic heterocycles. The number of hydrogen-bond donors (Lipinski definition) is 1. The van der Waals surface area contributed by atoms with Gasteiger partial charge in [0.25, 0.3) is 17.5 Å². The first-order chi connectivity index (χ1) is 14.1. The summed E-state index contributed by atoms with van der Waals surface area (Å²) in [4.78, 5) is 49.0. The summed E-state index contributed by atoms with van der Waals surface area (Å²) < 4.78 is 5.47. The Morgan fingerprint density at radius 3 is 2.30 bits per heavy atom. The number of imide groups is 1. The third-order valence-corrected chi connectivity index (χ3v) is 4.79. The highest BCUT2D eigenvalue weighted by Crippen LogP contribution is 2.29. The third kappa shape index (κ3) is 4.06. The van der Waals surface area contributed by atoms with Crippen molar-refractivity contribution in [3.05, 3.63) is 69.3 Å². The SMILES string of the molecule is Cc1ccc([N+](=O)[O-])cc1NC(=O)COCC(C)(C)N1C(=O)c2ccccc2C1=O. The van der Waals surface area contributed by atoms with E-state index in [4.69, 9.17) is 4.74 Å². The molecule has 0 unspecified atom stereocenters. The van der Waals surface area contributed by atoms with Gasteiger partial charge in [-0.3, -0.25) is 29.4 Å². The van der Waals surface area contributed by atoms with Gasteiger partial charge < -0.3 is 10.1 Å². The second kappa shape index (κ2) is 8.03. The molecule has 1 aliphatic rings. The molecule has 2 aromatic rings. The number of non-ortho nitro benzene ring substituents is 1. The van der Waals surface area contributed by atoms with Crippen molar-refractivity contribution in [2.75, 3.05) is 18.5 Å². The predicted octanol–water partition coefficient (Wildman–Crippen LogP) is 2.93. The number of amides is 3. The Morgan fingerprint density at radius 1 is 1.13 bits per heavy atom. The number of carbonyl (C=O) groups is 3. The van der Waals surface area contributed by atoms with Gasteiger partial charge in [-0.15, -0.1) is 0 Å². The first-order valence-electron chi connectivity index (χ1n) is 9.22. The first-order valence-corrected chi connectivity index (χ1v) is 9.22. The summed E-state index contributed by atoms with van der Waals surface area (Å²) >= 11 is 0. The minimum Gasteiger partial charge on any atom is -0.369 e. The van der Waals surface area contributed by atoms with Crippen LogP contribution in [-0.2, 0) is 9.53 Å². The molecule has 0 aliphatic carbocycles. The minimum atomic E-state index is -0.977. The average Bonchev–Trinajstić information content (AvgIpc) is 2.94. The molecular formula is C21H21N3O6. The van der Waals surface area contributed by atoms with E-state index < -0.39 is 28.2 Å². The molecule has 0 saturated carbocycles. The number of anilines is 1. The number of carbonyl (C=O) groups excluding carboxylic acids is 3. The molecule has 0 bridgehead atoms. The maximum Gasteiger partial charge on any atom is 0.271 e. The fourth-order valence-corrected chi connectivity index (χ4v) is 3.24. The summed E-state index contributed by atoms with van der Waals surface area (Å²) in [6, 6.07) is 10.7. The lowest BCUT2D eigenvalue weighted by Gasteiger charge is -2.33. The fraction of sp³-hybridized carbons (Fsp3) is 0.286. The van der Waals surface area contributed by atoms with Crippen LogP contribution in [0.5, 0.6) is 0 Å². The number of nitrogens with zero attached hydrogens (tertiary/aromatic N) is 2. The Bertz CT molecular complexity index is 1010. The van der Waals surface area contributed by atoms with E-state index in [0.29, 0.717) is 22.4 Å². The van der Waals surface area contributed by atoms with Crippen molar-refractivity contribution in [1.29, 1.82) is 0 Å². The number of hydrogen-bond acceptors (Lipinski definition) is 6. The number of ether oxygens (including phenoxy) is 1. The molecular weight excluding hydrogens is 390 g/mol. The van der Waals surface area contributed by atoms with Crippen molar-refractivity contribution in [1.82, 2.24) is 4.90 Å². The lowest BCUT2D eigenvalue weighted by Crippen LogP contribution is -2.50. The summed E-state index contributed by atoms with van der Waals surface area (Å²) in [5, 5.41) is 13.5. The highest BCUT2D eigenvalue weighted by molar-refractivity contribution is 6.21. The van der Waals surface area contributed by atoms with Gasteiger partial charge in [0.2, 0.25) is 5.91 Å². The average molecular weight is 411 g/mol. The molecule has 1 heterocycles. The number of aryl methyl sites for hydroxylation is 1. The van der Waals surface area contributed by atoms with Crippen LogP contribution < -0.4 is 5.32 Å². The Hall–Kier alpha value is -3.59. The van der Waals surface area contributed by atoms with Gasteiger partial charge in [0.15, 0.2) is 0 Å². The lowest BCUT2D eigenvalue weighted by atomic mass is 10.0. The number of nitro benzene ring substituents is 1. The van der Waals surface area contributed by atoms with Crippen molar-refractivity contribution in [2.45, 2.75) is 26.3 Å². The van der Waals surface area contributed by atoms with Crippen LogP contribution in [0.25, 0.3) is 0 Å². The molecule has 0 aromatic heterocycles. The molecule has 9 heteroatoms. The summed E-state index contributed by atoms with van der Waals surface area (Å²) in [5.74, 6) is -1.31. The van der Waals surface area contributed by atoms with Gasteiger partial charge in [0.05, 0.1) is 33.9 Å². The second-order valence-electron chi connectivity index (χ2n) is 7.60. The highest BCUT2D eigenvalue weighted by atomic mass is 16.6. The summed E-state index contributed by atoms with van der Waals surface area (Å²) in [6.45, 7) is 4.68. The minimum absolute atomic E-state index is 0.0557. The van der Waals surface area contributed by atoms with Crippen LogP contribution in [0.3, 0.4) is 0 Å². The van der Waals surface area contributed by atoms with Crippen LogP contribution in [0.2, 0.25) is 0 Å². The molecule has 0 spiro atoms. The highest BCUT2D eigenvalue weighted by Gasteiger charge is 2.44. The molecule has 0 atom stereocenters. The van der Waals surface area contributed by atoms with Gasteiger partial charge in [0.1, 0.15) is 6.61 Å². The van der Waals surface area contributed by atoms with Crippen molar-refractivity contribution in [3.63, 3.8) is 0 Å². The third-order valence-electron chi connectivity index (χ3n) is 4.79. The molecule has 3 rings (SSSR count). The van der Waals surface area contributed by atoms with Crippen LogP contribution in [-0.4, -0.2) is 46.3 Å². The fourth-order valence-electron chi connectivity index (χ4n) is 3.24. The van der Waals surface area contributed by atoms with Gasteiger partial charge in [0, 0.05) is 12.1 Å². The van der Waals surface area contributed by atoms with Crippen molar-refractivity contribution < 1.29 is 24.0 Å². The molecule has 3 amide bonds. The second-order valence-corrected chi connectivity index (χ2v) is 7.60. The number of fused-ring (bicyclic) bond motifs is 1. The largest absolute Gasteiger partial charge is 0.369 e. The zero-order valence-corrected chi connectivity index (χ0v) is 16.8. The van der Waals surface area contributed by atoms with E-state index in [9.17, 15) is 24.5 Å². The van der Waals surface area contributed by atoms with Crippen LogP contribution in [0.15, 0.2) is 42.5 Å². The van der Waals surface area contributed by atoms with E-state index in [0.717, 1.165) is 4.90 Å². The van der Waals surface area contributed by atoms with Crippen LogP contribution in [0.4, 0.5) is 11.4 Å². The summed E-state index contributed by atoms with van der Waals surface area (Å²) in [5.41, 5.74) is 0.555. The monoisotopic (exact) mass is 411 g/mol. The van der Waals surface area contributed by atoms with Gasteiger partial charge >= 0.3 is 0 Å². The van der Waals surface area contributed by atoms with Crippen LogP contribution in [0, 0.1) is 17.0 Å². The van der Waals surface area contributed by atoms with Crippen molar-refractivity contribution in [2.24, 2.45) is 0 Å². The van der Waals surface area contributed by atoms with Gasteiger partial charge in [-0.05, 0) is 38.5 Å². The summed E-state index contributed by atoms with van der Waals surface area (Å²) in [7, 11) is 0.